The van der Waals surface area contributed by atoms with Gasteiger partial charge >= 0.3 is 0 Å². The highest BCUT2D eigenvalue weighted by Crippen LogP contribution is 2.13. The van der Waals surface area contributed by atoms with Gasteiger partial charge in [-0.2, -0.15) is 11.3 Å². The van der Waals surface area contributed by atoms with E-state index in [2.05, 4.69) is 0 Å². The Kier molecular flexibility index (Phi) is 5.27. The predicted octanol–water partition coefficient (Wildman–Crippen LogP) is 1.60. The third kappa shape index (κ3) is 3.83. The normalized spacial score (nSPS) is 16.0. The van der Waals surface area contributed by atoms with Crippen LogP contribution in [0.25, 0.3) is 0 Å². The number of carbonyl (C=O) groups excluding carboxylic acids is 2. The van der Waals surface area contributed by atoms with E-state index in [0.29, 0.717) is 32.6 Å². The second kappa shape index (κ2) is 7.59. The van der Waals surface area contributed by atoms with Crippen LogP contribution in [0.4, 0.5) is 0 Å². The van der Waals surface area contributed by atoms with Crippen molar-refractivity contribution in [3.8, 4) is 0 Å². The summed E-state index contributed by atoms with van der Waals surface area (Å²) >= 11 is 1.51. The van der Waals surface area contributed by atoms with Crippen molar-refractivity contribution in [3.05, 3.63) is 58.3 Å². The molecule has 1 aromatic heterocycles. The van der Waals surface area contributed by atoms with Crippen molar-refractivity contribution in [2.75, 3.05) is 26.2 Å². The fourth-order valence-electron chi connectivity index (χ4n) is 2.89. The highest BCUT2D eigenvalue weighted by Gasteiger charge is 2.27. The summed E-state index contributed by atoms with van der Waals surface area (Å²) in [7, 11) is 0. The zero-order valence-electron chi connectivity index (χ0n) is 13.4. The molecule has 0 spiro atoms. The number of thiophene rings is 1. The zero-order valence-corrected chi connectivity index (χ0v) is 14.2. The summed E-state index contributed by atoms with van der Waals surface area (Å²) in [4.78, 5) is 28.4. The van der Waals surface area contributed by atoms with Gasteiger partial charge in [0.05, 0.1) is 11.6 Å². The van der Waals surface area contributed by atoms with E-state index in [-0.39, 0.29) is 11.8 Å². The van der Waals surface area contributed by atoms with E-state index < -0.39 is 6.04 Å². The molecule has 2 N–H and O–H groups in total. The van der Waals surface area contributed by atoms with Crippen molar-refractivity contribution in [2.45, 2.75) is 12.5 Å². The quantitative estimate of drug-likeness (QED) is 0.917. The van der Waals surface area contributed by atoms with Gasteiger partial charge in [-0.3, -0.25) is 9.59 Å². The Labute approximate surface area is 145 Å². The van der Waals surface area contributed by atoms with Gasteiger partial charge in [0.2, 0.25) is 5.91 Å². The average Bonchev–Trinajstić information content (AvgIpc) is 3.16. The Bertz CT molecular complexity index is 680. The number of nitrogens with two attached hydrogens (primary N) is 1. The van der Waals surface area contributed by atoms with Crippen LogP contribution in [0.3, 0.4) is 0 Å². The van der Waals surface area contributed by atoms with E-state index in [4.69, 9.17) is 5.73 Å². The maximum absolute atomic E-state index is 12.5. The summed E-state index contributed by atoms with van der Waals surface area (Å²) in [6.07, 6.45) is 0.535. The number of hydrogen-bond donors (Lipinski definition) is 1. The van der Waals surface area contributed by atoms with Gasteiger partial charge in [-0.15, -0.1) is 0 Å². The second-order valence-corrected chi connectivity index (χ2v) is 6.71. The first-order chi connectivity index (χ1) is 11.6. The van der Waals surface area contributed by atoms with Gasteiger partial charge in [-0.05, 0) is 23.4 Å². The molecule has 24 heavy (non-hydrogen) atoms. The second-order valence-electron chi connectivity index (χ2n) is 5.93. The number of hydrogen-bond acceptors (Lipinski definition) is 4. The molecule has 1 saturated heterocycles. The Morgan fingerprint density at radius 2 is 1.71 bits per heavy atom. The molecule has 5 nitrogen and oxygen atoms in total. The summed E-state index contributed by atoms with van der Waals surface area (Å²) in [5, 5.41) is 3.76. The van der Waals surface area contributed by atoms with E-state index in [9.17, 15) is 9.59 Å². The Morgan fingerprint density at radius 1 is 1.04 bits per heavy atom. The van der Waals surface area contributed by atoms with E-state index in [1.54, 1.807) is 9.80 Å². The molecule has 1 aliphatic heterocycles. The summed E-state index contributed by atoms with van der Waals surface area (Å²) < 4.78 is 0. The highest BCUT2D eigenvalue weighted by molar-refractivity contribution is 7.08. The van der Waals surface area contributed by atoms with E-state index >= 15 is 0 Å². The summed E-state index contributed by atoms with van der Waals surface area (Å²) in [5.74, 6) is -0.00146. The molecule has 1 aromatic carbocycles. The SMILES string of the molecule is N[C@@H](Cc1ccccc1)C(=O)N1CCN(C(=O)c2ccsc2)CC1. The molecule has 1 atom stereocenters. The number of rotatable bonds is 4. The molecule has 0 aliphatic carbocycles. The van der Waals surface area contributed by atoms with Crippen molar-refractivity contribution in [1.82, 2.24) is 9.80 Å². The molecule has 0 bridgehead atoms. The average molecular weight is 343 g/mol. The Hall–Kier alpha value is -2.18. The molecule has 2 heterocycles. The molecule has 0 saturated carbocycles. The first kappa shape index (κ1) is 16.7. The minimum atomic E-state index is -0.536. The Morgan fingerprint density at radius 3 is 2.33 bits per heavy atom. The van der Waals surface area contributed by atoms with Crippen molar-refractivity contribution in [2.24, 2.45) is 5.73 Å². The van der Waals surface area contributed by atoms with Gasteiger partial charge < -0.3 is 15.5 Å². The van der Waals surface area contributed by atoms with Crippen molar-refractivity contribution in [1.29, 1.82) is 0 Å². The number of nitrogens with zero attached hydrogens (tertiary/aromatic N) is 2. The van der Waals surface area contributed by atoms with E-state index in [1.807, 2.05) is 47.2 Å². The number of carbonyl (C=O) groups is 2. The summed E-state index contributed by atoms with van der Waals surface area (Å²) in [6.45, 7) is 2.19. The monoisotopic (exact) mass is 343 g/mol. The molecule has 126 valence electrons. The molecule has 3 rings (SSSR count). The maximum Gasteiger partial charge on any atom is 0.254 e. The van der Waals surface area contributed by atoms with Crippen LogP contribution in [-0.2, 0) is 11.2 Å². The standard InChI is InChI=1S/C18H21N3O2S/c19-16(12-14-4-2-1-3-5-14)18(23)21-9-7-20(8-10-21)17(22)15-6-11-24-13-15/h1-6,11,13,16H,7-10,12,19H2/t16-/m0/s1. The largest absolute Gasteiger partial charge is 0.338 e. The van der Waals surface area contributed by atoms with E-state index in [1.165, 1.54) is 11.3 Å². The minimum absolute atomic E-state index is 0.0388. The van der Waals surface area contributed by atoms with Crippen LogP contribution in [0.5, 0.6) is 0 Å². The van der Waals surface area contributed by atoms with Gasteiger partial charge in [0.1, 0.15) is 0 Å². The van der Waals surface area contributed by atoms with Crippen molar-refractivity contribution < 1.29 is 9.59 Å². The molecule has 2 aromatic rings. The molecule has 1 aliphatic rings. The summed E-state index contributed by atoms with van der Waals surface area (Å²) in [6, 6.07) is 11.1. The lowest BCUT2D eigenvalue weighted by atomic mass is 10.1. The van der Waals surface area contributed by atoms with Crippen molar-refractivity contribution >= 4 is 23.2 Å². The van der Waals surface area contributed by atoms with Gasteiger partial charge in [0.15, 0.2) is 0 Å². The first-order valence-electron chi connectivity index (χ1n) is 8.05. The zero-order chi connectivity index (χ0) is 16.9. The number of piperazine rings is 1. The first-order valence-corrected chi connectivity index (χ1v) is 8.99. The van der Waals surface area contributed by atoms with Crippen LogP contribution in [-0.4, -0.2) is 53.8 Å². The van der Waals surface area contributed by atoms with Gasteiger partial charge in [0.25, 0.3) is 5.91 Å². The van der Waals surface area contributed by atoms with Crippen LogP contribution in [0, 0.1) is 0 Å². The highest BCUT2D eigenvalue weighted by atomic mass is 32.1. The number of benzene rings is 1. The van der Waals surface area contributed by atoms with Gasteiger partial charge in [-0.1, -0.05) is 30.3 Å². The molecule has 2 amide bonds. The van der Waals surface area contributed by atoms with Gasteiger partial charge in [-0.25, -0.2) is 0 Å². The predicted molar refractivity (Wildman–Crippen MR) is 94.9 cm³/mol. The lowest BCUT2D eigenvalue weighted by Gasteiger charge is -2.35. The van der Waals surface area contributed by atoms with E-state index in [0.717, 1.165) is 11.1 Å². The van der Waals surface area contributed by atoms with Crippen molar-refractivity contribution in [3.63, 3.8) is 0 Å². The molecular formula is C18H21N3O2S. The number of amides is 2. The van der Waals surface area contributed by atoms with Crippen LogP contribution < -0.4 is 5.73 Å². The van der Waals surface area contributed by atoms with Crippen LogP contribution in [0.15, 0.2) is 47.2 Å². The lowest BCUT2D eigenvalue weighted by molar-refractivity contribution is -0.134. The van der Waals surface area contributed by atoms with Crippen LogP contribution >= 0.6 is 11.3 Å². The molecule has 6 heteroatoms. The minimum Gasteiger partial charge on any atom is -0.338 e. The lowest BCUT2D eigenvalue weighted by Crippen LogP contribution is -2.54. The fourth-order valence-corrected chi connectivity index (χ4v) is 3.52. The molecule has 1 fully saturated rings. The third-order valence-electron chi connectivity index (χ3n) is 4.26. The molecular weight excluding hydrogens is 322 g/mol. The Balaban J connectivity index is 1.52. The fraction of sp³-hybridized carbons (Fsp3) is 0.333. The smallest absolute Gasteiger partial charge is 0.254 e. The maximum atomic E-state index is 12.5. The summed E-state index contributed by atoms with van der Waals surface area (Å²) in [5.41, 5.74) is 7.86. The van der Waals surface area contributed by atoms with Gasteiger partial charge in [0, 0.05) is 31.6 Å². The van der Waals surface area contributed by atoms with Crippen LogP contribution in [0.2, 0.25) is 0 Å². The molecule has 0 unspecified atom stereocenters. The molecule has 0 radical (unpaired) electrons. The van der Waals surface area contributed by atoms with Crippen LogP contribution in [0.1, 0.15) is 15.9 Å². The topological polar surface area (TPSA) is 66.6 Å². The third-order valence-corrected chi connectivity index (χ3v) is 4.95.